The molecule has 2 aliphatic rings. The molecule has 0 bridgehead atoms. The monoisotopic (exact) mass is 288 g/mol. The summed E-state index contributed by atoms with van der Waals surface area (Å²) in [6.45, 7) is 4.25. The largest absolute Gasteiger partial charge is 0.490 e. The van der Waals surface area contributed by atoms with Gasteiger partial charge in [0.05, 0.1) is 5.41 Å². The van der Waals surface area contributed by atoms with Crippen molar-refractivity contribution >= 4 is 5.97 Å². The Hall–Kier alpha value is -1.51. The van der Waals surface area contributed by atoms with Crippen LogP contribution in [0, 0.1) is 18.3 Å². The lowest BCUT2D eigenvalue weighted by atomic mass is 9.67. The molecule has 0 amide bonds. The number of ether oxygens (including phenoxy) is 1. The van der Waals surface area contributed by atoms with Crippen LogP contribution in [0.1, 0.15) is 50.2 Å². The maximum atomic E-state index is 11.9. The smallest absolute Gasteiger partial charge is 0.309 e. The highest BCUT2D eigenvalue weighted by Gasteiger charge is 2.44. The van der Waals surface area contributed by atoms with Gasteiger partial charge in [-0.1, -0.05) is 37.5 Å². The summed E-state index contributed by atoms with van der Waals surface area (Å²) in [6, 6.07) is 6.23. The molecular formula is C18H24O3. The van der Waals surface area contributed by atoms with Crippen molar-refractivity contribution in [2.45, 2.75) is 58.5 Å². The number of aliphatic carboxylic acids is 1. The van der Waals surface area contributed by atoms with Gasteiger partial charge in [-0.2, -0.15) is 0 Å². The third-order valence-corrected chi connectivity index (χ3v) is 5.12. The van der Waals surface area contributed by atoms with Gasteiger partial charge in [-0.05, 0) is 37.3 Å². The van der Waals surface area contributed by atoms with Gasteiger partial charge in [0.2, 0.25) is 0 Å². The number of carbonyl (C=O) groups is 1. The minimum absolute atomic E-state index is 0.0169. The number of hydrogen-bond acceptors (Lipinski definition) is 2. The first-order chi connectivity index (χ1) is 9.98. The van der Waals surface area contributed by atoms with Crippen molar-refractivity contribution < 1.29 is 14.6 Å². The summed E-state index contributed by atoms with van der Waals surface area (Å²) in [4.78, 5) is 11.9. The highest BCUT2D eigenvalue weighted by Crippen LogP contribution is 2.45. The van der Waals surface area contributed by atoms with Crippen LogP contribution >= 0.6 is 0 Å². The Kier molecular flexibility index (Phi) is 3.68. The van der Waals surface area contributed by atoms with Gasteiger partial charge in [-0.25, -0.2) is 0 Å². The lowest BCUT2D eigenvalue weighted by Crippen LogP contribution is -2.40. The van der Waals surface area contributed by atoms with Gasteiger partial charge in [0.25, 0.3) is 0 Å². The standard InChI is InChI=1S/C18H24O3/c1-12-5-6-16-14(8-12)9-15(21-16)11-18(17(19)20)7-3-4-13(2)10-18/h5-6,8,13,15H,3-4,7,9-11H2,1-2H3,(H,19,20). The lowest BCUT2D eigenvalue weighted by Gasteiger charge is -2.37. The second kappa shape index (κ2) is 5.36. The Morgan fingerprint density at radius 1 is 1.48 bits per heavy atom. The fraction of sp³-hybridized carbons (Fsp3) is 0.611. The van der Waals surface area contributed by atoms with Crippen LogP contribution in [0.4, 0.5) is 0 Å². The van der Waals surface area contributed by atoms with Crippen LogP contribution in [0.25, 0.3) is 0 Å². The van der Waals surface area contributed by atoms with E-state index in [4.69, 9.17) is 4.74 Å². The Morgan fingerprint density at radius 3 is 3.00 bits per heavy atom. The van der Waals surface area contributed by atoms with Crippen LogP contribution < -0.4 is 4.74 Å². The summed E-state index contributed by atoms with van der Waals surface area (Å²) >= 11 is 0. The molecule has 1 heterocycles. The molecule has 0 saturated heterocycles. The molecule has 1 aliphatic carbocycles. The van der Waals surface area contributed by atoms with Crippen LogP contribution in [0.3, 0.4) is 0 Å². The normalized spacial score (nSPS) is 31.5. The highest BCUT2D eigenvalue weighted by molar-refractivity contribution is 5.75. The van der Waals surface area contributed by atoms with Gasteiger partial charge in [0.15, 0.2) is 0 Å². The quantitative estimate of drug-likeness (QED) is 0.915. The summed E-state index contributed by atoms with van der Waals surface area (Å²) in [7, 11) is 0. The fourth-order valence-corrected chi connectivity index (χ4v) is 4.13. The molecule has 1 saturated carbocycles. The van der Waals surface area contributed by atoms with E-state index >= 15 is 0 Å². The molecule has 1 aromatic carbocycles. The molecule has 0 aromatic heterocycles. The highest BCUT2D eigenvalue weighted by atomic mass is 16.5. The number of aryl methyl sites for hydroxylation is 1. The third kappa shape index (κ3) is 2.78. The van der Waals surface area contributed by atoms with Gasteiger partial charge in [-0.15, -0.1) is 0 Å². The zero-order valence-electron chi connectivity index (χ0n) is 12.9. The molecule has 1 N–H and O–H groups in total. The summed E-state index contributed by atoms with van der Waals surface area (Å²) in [5.41, 5.74) is 1.88. The van der Waals surface area contributed by atoms with Crippen molar-refractivity contribution in [3.8, 4) is 5.75 Å². The van der Waals surface area contributed by atoms with Crippen molar-refractivity contribution in [1.82, 2.24) is 0 Å². The summed E-state index contributed by atoms with van der Waals surface area (Å²) in [5.74, 6) is 0.806. The van der Waals surface area contributed by atoms with E-state index in [1.165, 1.54) is 11.1 Å². The number of fused-ring (bicyclic) bond motifs is 1. The predicted octanol–water partition coefficient (Wildman–Crippen LogP) is 3.97. The van der Waals surface area contributed by atoms with E-state index in [9.17, 15) is 9.90 Å². The molecule has 3 unspecified atom stereocenters. The molecule has 21 heavy (non-hydrogen) atoms. The number of benzene rings is 1. The molecule has 3 heteroatoms. The van der Waals surface area contributed by atoms with Crippen molar-refractivity contribution in [3.05, 3.63) is 29.3 Å². The van der Waals surface area contributed by atoms with Gasteiger partial charge < -0.3 is 9.84 Å². The lowest BCUT2D eigenvalue weighted by molar-refractivity contribution is -0.154. The maximum Gasteiger partial charge on any atom is 0.309 e. The van der Waals surface area contributed by atoms with Gasteiger partial charge in [-0.3, -0.25) is 4.79 Å². The van der Waals surface area contributed by atoms with E-state index in [2.05, 4.69) is 26.0 Å². The fourth-order valence-electron chi connectivity index (χ4n) is 4.13. The average Bonchev–Trinajstić information content (AvgIpc) is 2.79. The second-order valence-corrected chi connectivity index (χ2v) is 7.05. The third-order valence-electron chi connectivity index (χ3n) is 5.12. The summed E-state index contributed by atoms with van der Waals surface area (Å²) in [5, 5.41) is 9.77. The Bertz CT molecular complexity index is 551. The zero-order valence-corrected chi connectivity index (χ0v) is 12.9. The molecule has 0 spiro atoms. The van der Waals surface area contributed by atoms with Crippen LogP contribution in [-0.4, -0.2) is 17.2 Å². The molecule has 3 rings (SSSR count). The van der Waals surface area contributed by atoms with E-state index in [0.717, 1.165) is 37.9 Å². The number of rotatable bonds is 3. The van der Waals surface area contributed by atoms with Crippen molar-refractivity contribution in [3.63, 3.8) is 0 Å². The molecule has 3 atom stereocenters. The second-order valence-electron chi connectivity index (χ2n) is 7.05. The first-order valence-electron chi connectivity index (χ1n) is 7.98. The predicted molar refractivity (Wildman–Crippen MR) is 81.6 cm³/mol. The summed E-state index contributed by atoms with van der Waals surface area (Å²) in [6.07, 6.45) is 5.26. The first-order valence-corrected chi connectivity index (χ1v) is 7.98. The van der Waals surface area contributed by atoms with Crippen molar-refractivity contribution in [1.29, 1.82) is 0 Å². The molecule has 3 nitrogen and oxygen atoms in total. The zero-order chi connectivity index (χ0) is 15.0. The summed E-state index contributed by atoms with van der Waals surface area (Å²) < 4.78 is 6.01. The van der Waals surface area contributed by atoms with E-state index in [-0.39, 0.29) is 6.10 Å². The van der Waals surface area contributed by atoms with E-state index in [0.29, 0.717) is 12.3 Å². The van der Waals surface area contributed by atoms with E-state index in [1.807, 2.05) is 6.07 Å². The van der Waals surface area contributed by atoms with E-state index < -0.39 is 11.4 Å². The molecule has 0 radical (unpaired) electrons. The molecule has 1 aromatic rings. The molecule has 1 fully saturated rings. The SMILES string of the molecule is Cc1ccc2c(c1)CC(CC1(C(=O)O)CCCC(C)C1)O2. The van der Waals surface area contributed by atoms with Crippen LogP contribution in [-0.2, 0) is 11.2 Å². The molecular weight excluding hydrogens is 264 g/mol. The van der Waals surface area contributed by atoms with Crippen molar-refractivity contribution in [2.75, 3.05) is 0 Å². The molecule has 114 valence electrons. The number of hydrogen-bond donors (Lipinski definition) is 1. The Morgan fingerprint density at radius 2 is 2.29 bits per heavy atom. The molecule has 1 aliphatic heterocycles. The topological polar surface area (TPSA) is 46.5 Å². The van der Waals surface area contributed by atoms with Crippen LogP contribution in [0.5, 0.6) is 5.75 Å². The number of carboxylic acid groups (broad SMARTS) is 1. The van der Waals surface area contributed by atoms with E-state index in [1.54, 1.807) is 0 Å². The minimum atomic E-state index is -0.634. The van der Waals surface area contributed by atoms with Gasteiger partial charge >= 0.3 is 5.97 Å². The average molecular weight is 288 g/mol. The first kappa shape index (κ1) is 14.4. The Labute approximate surface area is 126 Å². The van der Waals surface area contributed by atoms with Crippen LogP contribution in [0.15, 0.2) is 18.2 Å². The van der Waals surface area contributed by atoms with Crippen LogP contribution in [0.2, 0.25) is 0 Å². The minimum Gasteiger partial charge on any atom is -0.490 e. The van der Waals surface area contributed by atoms with Gasteiger partial charge in [0.1, 0.15) is 11.9 Å². The number of carboxylic acids is 1. The van der Waals surface area contributed by atoms with Crippen molar-refractivity contribution in [2.24, 2.45) is 11.3 Å². The van der Waals surface area contributed by atoms with Gasteiger partial charge in [0, 0.05) is 12.8 Å². The Balaban J connectivity index is 1.75. The maximum absolute atomic E-state index is 11.9.